The summed E-state index contributed by atoms with van der Waals surface area (Å²) in [6.45, 7) is 11.4. The minimum absolute atomic E-state index is 0.0478. The summed E-state index contributed by atoms with van der Waals surface area (Å²) in [6.07, 6.45) is -0.0873. The fraction of sp³-hybridized carbons (Fsp3) is 0.345. The first-order valence-corrected chi connectivity index (χ1v) is 12.2. The van der Waals surface area contributed by atoms with E-state index in [1.165, 1.54) is 0 Å². The van der Waals surface area contributed by atoms with Crippen LogP contribution in [0.3, 0.4) is 0 Å². The van der Waals surface area contributed by atoms with E-state index in [0.717, 1.165) is 40.4 Å². The quantitative estimate of drug-likeness (QED) is 0.426. The number of anilines is 2. The lowest BCUT2D eigenvalue weighted by Crippen LogP contribution is -2.41. The average Bonchev–Trinajstić information content (AvgIpc) is 2.78. The molecule has 1 aliphatic heterocycles. The minimum atomic E-state index is -0.187. The number of carbonyl (C=O) groups excluding carboxylic acids is 1. The molecular weight excluding hydrogens is 460 g/mol. The monoisotopic (exact) mass is 492 g/mol. The molecule has 1 N–H and O–H groups in total. The molecule has 0 fully saturated rings. The van der Waals surface area contributed by atoms with Gasteiger partial charge in [-0.25, -0.2) is 0 Å². The summed E-state index contributed by atoms with van der Waals surface area (Å²) in [4.78, 5) is 15.4. The summed E-state index contributed by atoms with van der Waals surface area (Å²) in [6, 6.07) is 17.6. The van der Waals surface area contributed by atoms with Crippen LogP contribution in [-0.4, -0.2) is 32.2 Å². The Morgan fingerprint density at radius 1 is 1.11 bits per heavy atom. The van der Waals surface area contributed by atoms with Crippen molar-refractivity contribution in [2.24, 2.45) is 0 Å². The van der Waals surface area contributed by atoms with Crippen molar-refractivity contribution in [1.82, 2.24) is 0 Å². The van der Waals surface area contributed by atoms with Crippen LogP contribution in [0.25, 0.3) is 0 Å². The summed E-state index contributed by atoms with van der Waals surface area (Å²) in [5.41, 5.74) is 5.05. The van der Waals surface area contributed by atoms with Gasteiger partial charge in [0.05, 0.1) is 22.9 Å². The van der Waals surface area contributed by atoms with Gasteiger partial charge in [0, 0.05) is 12.6 Å². The van der Waals surface area contributed by atoms with Crippen LogP contribution in [0.5, 0.6) is 11.5 Å². The Hall–Kier alpha value is -3.18. The van der Waals surface area contributed by atoms with Crippen molar-refractivity contribution >= 4 is 28.9 Å². The Morgan fingerprint density at radius 2 is 1.80 bits per heavy atom. The third-order valence-corrected chi connectivity index (χ3v) is 6.63. The molecule has 1 amide bonds. The maximum absolute atomic E-state index is 13.2. The van der Waals surface area contributed by atoms with Crippen LogP contribution in [0.15, 0.2) is 54.6 Å². The number of ether oxygens (including phenoxy) is 2. The van der Waals surface area contributed by atoms with Gasteiger partial charge < -0.3 is 19.7 Å². The highest BCUT2D eigenvalue weighted by Crippen LogP contribution is 2.33. The number of likely N-dealkylation sites (N-methyl/N-ethyl adjacent to an activating group) is 1. The van der Waals surface area contributed by atoms with Gasteiger partial charge in [-0.2, -0.15) is 0 Å². The molecule has 5 nitrogen and oxygen atoms in total. The zero-order valence-corrected chi connectivity index (χ0v) is 22.0. The van der Waals surface area contributed by atoms with Gasteiger partial charge in [-0.15, -0.1) is 0 Å². The first-order chi connectivity index (χ1) is 16.5. The summed E-state index contributed by atoms with van der Waals surface area (Å²) in [7, 11) is 2.06. The van der Waals surface area contributed by atoms with E-state index in [0.29, 0.717) is 22.9 Å². The van der Waals surface area contributed by atoms with Crippen molar-refractivity contribution in [2.75, 3.05) is 30.4 Å². The van der Waals surface area contributed by atoms with E-state index in [4.69, 9.17) is 21.1 Å². The minimum Gasteiger partial charge on any atom is -0.490 e. The van der Waals surface area contributed by atoms with Gasteiger partial charge in [0.25, 0.3) is 5.91 Å². The molecule has 3 aromatic carbocycles. The summed E-state index contributed by atoms with van der Waals surface area (Å²) < 4.78 is 12.2. The topological polar surface area (TPSA) is 50.8 Å². The van der Waals surface area contributed by atoms with Gasteiger partial charge in [-0.3, -0.25) is 4.79 Å². The fourth-order valence-corrected chi connectivity index (χ4v) is 4.57. The van der Waals surface area contributed by atoms with Crippen LogP contribution in [0.2, 0.25) is 5.02 Å². The maximum Gasteiger partial charge on any atom is 0.256 e. The second kappa shape index (κ2) is 9.82. The van der Waals surface area contributed by atoms with Gasteiger partial charge >= 0.3 is 0 Å². The van der Waals surface area contributed by atoms with Gasteiger partial charge in [-0.1, -0.05) is 50.6 Å². The predicted octanol–water partition coefficient (Wildman–Crippen LogP) is 6.78. The lowest BCUT2D eigenvalue weighted by molar-refractivity contribution is 0.102. The second-order valence-electron chi connectivity index (χ2n) is 10.2. The second-order valence-corrected chi connectivity index (χ2v) is 10.6. The number of hydrogen-bond acceptors (Lipinski definition) is 4. The van der Waals surface area contributed by atoms with Gasteiger partial charge in [0.1, 0.15) is 24.2 Å². The molecule has 1 aliphatic rings. The number of para-hydroxylation sites is 2. The number of halogens is 1. The zero-order valence-electron chi connectivity index (χ0n) is 21.2. The highest BCUT2D eigenvalue weighted by atomic mass is 35.5. The van der Waals surface area contributed by atoms with Gasteiger partial charge in [0.15, 0.2) is 0 Å². The largest absolute Gasteiger partial charge is 0.490 e. The number of carbonyl (C=O) groups is 1. The molecule has 0 bridgehead atoms. The highest BCUT2D eigenvalue weighted by Gasteiger charge is 2.24. The molecule has 0 aromatic heterocycles. The van der Waals surface area contributed by atoms with Crippen LogP contribution in [0, 0.1) is 13.8 Å². The normalized spacial score (nSPS) is 15.3. The molecule has 4 rings (SSSR count). The Morgan fingerprint density at radius 3 is 2.49 bits per heavy atom. The molecule has 184 valence electrons. The fourth-order valence-electron chi connectivity index (χ4n) is 4.41. The van der Waals surface area contributed by atoms with E-state index >= 15 is 0 Å². The van der Waals surface area contributed by atoms with Crippen molar-refractivity contribution in [3.8, 4) is 11.5 Å². The molecular formula is C29H33ClN2O3. The number of rotatable bonds is 5. The van der Waals surface area contributed by atoms with E-state index in [9.17, 15) is 4.79 Å². The van der Waals surface area contributed by atoms with Crippen LogP contribution < -0.4 is 19.7 Å². The van der Waals surface area contributed by atoms with Crippen molar-refractivity contribution in [1.29, 1.82) is 0 Å². The number of fused-ring (bicyclic) bond motifs is 1. The summed E-state index contributed by atoms with van der Waals surface area (Å²) >= 11 is 6.39. The molecule has 35 heavy (non-hydrogen) atoms. The van der Waals surface area contributed by atoms with E-state index in [-0.39, 0.29) is 17.4 Å². The molecule has 0 saturated heterocycles. The average molecular weight is 493 g/mol. The molecule has 0 aliphatic carbocycles. The predicted molar refractivity (Wildman–Crippen MR) is 144 cm³/mol. The van der Waals surface area contributed by atoms with Crippen molar-refractivity contribution < 1.29 is 14.3 Å². The number of amides is 1. The van der Waals surface area contributed by atoms with E-state index in [1.807, 2.05) is 62.4 Å². The molecule has 3 aromatic rings. The molecule has 0 unspecified atom stereocenters. The number of benzene rings is 3. The zero-order chi connectivity index (χ0) is 25.3. The summed E-state index contributed by atoms with van der Waals surface area (Å²) in [5.74, 6) is 1.39. The molecule has 0 saturated carbocycles. The standard InChI is InChI=1S/C29H33ClN2O3/c1-18-13-21(34-17-22-16-32(6)25-9-7-8-10-26(25)35-22)14-19(2)27(18)28(33)31-24-15-20(29(3,4)5)11-12-23(24)30/h7-15,22H,16-17H2,1-6H3,(H,31,33)/t22-/m0/s1. The maximum atomic E-state index is 13.2. The van der Waals surface area contributed by atoms with Crippen LogP contribution in [0.1, 0.15) is 47.8 Å². The Bertz CT molecular complexity index is 1230. The molecule has 6 heteroatoms. The Balaban J connectivity index is 1.46. The van der Waals surface area contributed by atoms with E-state index < -0.39 is 0 Å². The Labute approximate surface area is 213 Å². The SMILES string of the molecule is Cc1cc(OC[C@@H]2CN(C)c3ccccc3O2)cc(C)c1C(=O)Nc1cc(C(C)(C)C)ccc1Cl. The lowest BCUT2D eigenvalue weighted by atomic mass is 9.87. The van der Waals surface area contributed by atoms with Crippen molar-refractivity contribution in [3.05, 3.63) is 81.9 Å². The molecule has 1 atom stereocenters. The Kier molecular flexibility index (Phi) is 7.00. The van der Waals surface area contributed by atoms with E-state index in [1.54, 1.807) is 0 Å². The van der Waals surface area contributed by atoms with Crippen LogP contribution in [0.4, 0.5) is 11.4 Å². The van der Waals surface area contributed by atoms with Crippen LogP contribution in [-0.2, 0) is 5.41 Å². The number of hydrogen-bond donors (Lipinski definition) is 1. The van der Waals surface area contributed by atoms with Gasteiger partial charge in [-0.05, 0) is 72.4 Å². The number of nitrogens with one attached hydrogen (secondary N) is 1. The summed E-state index contributed by atoms with van der Waals surface area (Å²) in [5, 5.41) is 3.52. The van der Waals surface area contributed by atoms with Crippen molar-refractivity contribution in [2.45, 2.75) is 46.1 Å². The van der Waals surface area contributed by atoms with Crippen LogP contribution >= 0.6 is 11.6 Å². The molecule has 0 radical (unpaired) electrons. The number of aryl methyl sites for hydroxylation is 2. The molecule has 0 spiro atoms. The van der Waals surface area contributed by atoms with E-state index in [2.05, 4.69) is 44.1 Å². The first-order valence-electron chi connectivity index (χ1n) is 11.8. The lowest BCUT2D eigenvalue weighted by Gasteiger charge is -2.33. The molecule has 1 heterocycles. The smallest absolute Gasteiger partial charge is 0.256 e. The third-order valence-electron chi connectivity index (χ3n) is 6.30. The third kappa shape index (κ3) is 5.57. The number of nitrogens with zero attached hydrogens (tertiary/aromatic N) is 1. The first kappa shape index (κ1) is 24.9. The highest BCUT2D eigenvalue weighted by molar-refractivity contribution is 6.34. The van der Waals surface area contributed by atoms with Crippen molar-refractivity contribution in [3.63, 3.8) is 0 Å². The van der Waals surface area contributed by atoms with Gasteiger partial charge in [0.2, 0.25) is 0 Å².